The average Bonchev–Trinajstić information content (AvgIpc) is 3.14. The second-order valence-corrected chi connectivity index (χ2v) is 7.68. The van der Waals surface area contributed by atoms with Crippen LogP contribution in [-0.4, -0.2) is 24.1 Å². The van der Waals surface area contributed by atoms with Gasteiger partial charge in [0, 0.05) is 5.92 Å². The van der Waals surface area contributed by atoms with E-state index in [1.165, 1.54) is 0 Å². The van der Waals surface area contributed by atoms with Crippen molar-refractivity contribution in [2.75, 3.05) is 13.2 Å². The molecule has 1 aromatic carbocycles. The van der Waals surface area contributed by atoms with Crippen LogP contribution in [0.4, 0.5) is 0 Å². The van der Waals surface area contributed by atoms with E-state index in [0.717, 1.165) is 5.56 Å². The van der Waals surface area contributed by atoms with Crippen LogP contribution in [0.1, 0.15) is 32.3 Å². The highest BCUT2D eigenvalue weighted by atomic mass is 35.5. The number of rotatable bonds is 7. The molecule has 1 aromatic rings. The lowest BCUT2D eigenvalue weighted by atomic mass is 9.98. The van der Waals surface area contributed by atoms with Crippen molar-refractivity contribution in [3.05, 3.63) is 35.9 Å². The molecule has 2 rings (SSSR count). The van der Waals surface area contributed by atoms with Gasteiger partial charge in [0.15, 0.2) is 0 Å². The van der Waals surface area contributed by atoms with Crippen LogP contribution in [0, 0.1) is 0 Å². The number of hydrogen-bond acceptors (Lipinski definition) is 4. The number of ether oxygens (including phenoxy) is 1. The van der Waals surface area contributed by atoms with Gasteiger partial charge in [0.25, 0.3) is 4.80 Å². The smallest absolute Gasteiger partial charge is 0.338 e. The summed E-state index contributed by atoms with van der Waals surface area (Å²) < 4.78 is 28.9. The molecule has 0 bridgehead atoms. The maximum absolute atomic E-state index is 12.7. The Kier molecular flexibility index (Phi) is 4.93. The Morgan fingerprint density at radius 1 is 1.30 bits per heavy atom. The van der Waals surface area contributed by atoms with Crippen LogP contribution in [-0.2, 0) is 18.3 Å². The van der Waals surface area contributed by atoms with Gasteiger partial charge in [-0.25, -0.2) is 0 Å². The molecule has 6 heteroatoms. The Morgan fingerprint density at radius 3 is 2.35 bits per heavy atom. The summed E-state index contributed by atoms with van der Waals surface area (Å²) in [5.41, 5.74) is 1.08. The zero-order valence-corrected chi connectivity index (χ0v) is 13.6. The highest BCUT2D eigenvalue weighted by Crippen LogP contribution is 2.74. The second kappa shape index (κ2) is 6.17. The van der Waals surface area contributed by atoms with Crippen LogP contribution < -0.4 is 0 Å². The SMILES string of the molecule is CCOP(=O)(OCC)[C@@]1(Cl)O[C@@H]1C(C)c1ccccc1. The summed E-state index contributed by atoms with van der Waals surface area (Å²) in [6.07, 6.45) is -0.379. The molecular formula is C14H20ClO4P. The van der Waals surface area contributed by atoms with Crippen LogP contribution in [0.15, 0.2) is 30.3 Å². The fourth-order valence-corrected chi connectivity index (χ4v) is 4.72. The van der Waals surface area contributed by atoms with Crippen LogP contribution >= 0.6 is 19.2 Å². The van der Waals surface area contributed by atoms with Gasteiger partial charge < -0.3 is 13.8 Å². The Bertz CT molecular complexity index is 485. The average molecular weight is 319 g/mol. The lowest BCUT2D eigenvalue weighted by molar-refractivity contribution is 0.202. The Hall–Kier alpha value is -0.380. The lowest BCUT2D eigenvalue weighted by Crippen LogP contribution is -2.16. The van der Waals surface area contributed by atoms with Crippen molar-refractivity contribution in [2.24, 2.45) is 0 Å². The van der Waals surface area contributed by atoms with Gasteiger partial charge in [0.2, 0.25) is 0 Å². The number of benzene rings is 1. The zero-order valence-electron chi connectivity index (χ0n) is 11.9. The lowest BCUT2D eigenvalue weighted by Gasteiger charge is -2.20. The predicted octanol–water partition coefficient (Wildman–Crippen LogP) is 4.35. The minimum atomic E-state index is -3.48. The van der Waals surface area contributed by atoms with Crippen molar-refractivity contribution in [2.45, 2.75) is 37.6 Å². The molecule has 1 aliphatic rings. The van der Waals surface area contributed by atoms with Crippen molar-refractivity contribution in [1.82, 2.24) is 0 Å². The highest BCUT2D eigenvalue weighted by molar-refractivity contribution is 7.58. The summed E-state index contributed by atoms with van der Waals surface area (Å²) in [5, 5.41) is 0. The summed E-state index contributed by atoms with van der Waals surface area (Å²) in [6.45, 7) is 6.03. The minimum absolute atomic E-state index is 0.0166. The van der Waals surface area contributed by atoms with Crippen LogP contribution in [0.2, 0.25) is 0 Å². The van der Waals surface area contributed by atoms with Gasteiger partial charge in [0.1, 0.15) is 6.10 Å². The third-order valence-corrected chi connectivity index (χ3v) is 6.57. The molecule has 1 fully saturated rings. The van der Waals surface area contributed by atoms with Crippen molar-refractivity contribution in [1.29, 1.82) is 0 Å². The summed E-state index contributed by atoms with van der Waals surface area (Å²) in [6, 6.07) is 9.85. The molecular weight excluding hydrogens is 299 g/mol. The van der Waals surface area contributed by atoms with Gasteiger partial charge >= 0.3 is 7.60 Å². The quantitative estimate of drug-likeness (QED) is 0.426. The van der Waals surface area contributed by atoms with Gasteiger partial charge in [-0.15, -0.1) is 0 Å². The highest BCUT2D eigenvalue weighted by Gasteiger charge is 2.71. The monoisotopic (exact) mass is 318 g/mol. The minimum Gasteiger partial charge on any atom is -0.338 e. The van der Waals surface area contributed by atoms with Gasteiger partial charge in [0.05, 0.1) is 13.2 Å². The summed E-state index contributed by atoms with van der Waals surface area (Å²) in [5.74, 6) is 0.0166. The molecule has 1 heterocycles. The van der Waals surface area contributed by atoms with Crippen molar-refractivity contribution in [3.8, 4) is 0 Å². The van der Waals surface area contributed by atoms with Crippen molar-refractivity contribution < 1.29 is 18.3 Å². The zero-order chi connectivity index (χ0) is 14.8. The van der Waals surface area contributed by atoms with Gasteiger partial charge in [-0.2, -0.15) is 0 Å². The van der Waals surface area contributed by atoms with E-state index in [1.54, 1.807) is 13.8 Å². The maximum Gasteiger partial charge on any atom is 0.380 e. The normalized spacial score (nSPS) is 27.3. The van der Waals surface area contributed by atoms with Gasteiger partial charge in [-0.05, 0) is 19.4 Å². The Morgan fingerprint density at radius 2 is 1.85 bits per heavy atom. The van der Waals surface area contributed by atoms with E-state index in [-0.39, 0.29) is 25.2 Å². The van der Waals surface area contributed by atoms with Gasteiger partial charge in [-0.3, -0.25) is 4.57 Å². The van der Waals surface area contributed by atoms with Crippen molar-refractivity contribution >= 4 is 19.2 Å². The number of alkyl halides is 1. The molecule has 20 heavy (non-hydrogen) atoms. The van der Waals surface area contributed by atoms with E-state index in [0.29, 0.717) is 0 Å². The largest absolute Gasteiger partial charge is 0.380 e. The van der Waals surface area contributed by atoms with E-state index in [9.17, 15) is 4.57 Å². The third kappa shape index (κ3) is 2.81. The molecule has 0 N–H and O–H groups in total. The van der Waals surface area contributed by atoms with E-state index >= 15 is 0 Å². The summed E-state index contributed by atoms with van der Waals surface area (Å²) in [4.78, 5) is -1.37. The molecule has 4 nitrogen and oxygen atoms in total. The van der Waals surface area contributed by atoms with Gasteiger partial charge in [-0.1, -0.05) is 48.9 Å². The van der Waals surface area contributed by atoms with E-state index in [4.69, 9.17) is 25.4 Å². The first kappa shape index (κ1) is 16.0. The predicted molar refractivity (Wildman–Crippen MR) is 79.2 cm³/mol. The fourth-order valence-electron chi connectivity index (χ4n) is 2.26. The van der Waals surface area contributed by atoms with Crippen LogP contribution in [0.5, 0.6) is 0 Å². The molecule has 3 atom stereocenters. The van der Waals surface area contributed by atoms with E-state index < -0.39 is 12.4 Å². The van der Waals surface area contributed by atoms with Crippen molar-refractivity contribution in [3.63, 3.8) is 0 Å². The summed E-state index contributed by atoms with van der Waals surface area (Å²) in [7, 11) is -3.48. The second-order valence-electron chi connectivity index (χ2n) is 4.68. The molecule has 0 amide bonds. The first-order valence-corrected chi connectivity index (χ1v) is 8.71. The molecule has 1 saturated heterocycles. The molecule has 0 aliphatic carbocycles. The summed E-state index contributed by atoms with van der Waals surface area (Å²) >= 11 is 6.38. The number of halogens is 1. The maximum atomic E-state index is 12.7. The molecule has 112 valence electrons. The first-order valence-electron chi connectivity index (χ1n) is 6.79. The molecule has 0 aromatic heterocycles. The number of epoxide rings is 1. The third-order valence-electron chi connectivity index (χ3n) is 3.34. The molecule has 1 unspecified atom stereocenters. The molecule has 0 spiro atoms. The first-order chi connectivity index (χ1) is 9.48. The number of hydrogen-bond donors (Lipinski definition) is 0. The fraction of sp³-hybridized carbons (Fsp3) is 0.571. The van der Waals surface area contributed by atoms with E-state index in [1.807, 2.05) is 37.3 Å². The molecule has 0 saturated carbocycles. The Labute approximate surface area is 124 Å². The topological polar surface area (TPSA) is 48.1 Å². The standard InChI is InChI=1S/C14H20ClO4P/c1-4-17-20(16,18-5-2)14(15)13(19-14)11(3)12-9-7-6-8-10-12/h6-11,13H,4-5H2,1-3H3/t11?,13-,14+/m1/s1. The van der Waals surface area contributed by atoms with Crippen LogP contribution in [0.25, 0.3) is 0 Å². The van der Waals surface area contributed by atoms with E-state index in [2.05, 4.69) is 0 Å². The van der Waals surface area contributed by atoms with Crippen LogP contribution in [0.3, 0.4) is 0 Å². The Balaban J connectivity index is 2.17. The molecule has 0 radical (unpaired) electrons. The molecule has 1 aliphatic heterocycles.